The van der Waals surface area contributed by atoms with Gasteiger partial charge in [0.15, 0.2) is 0 Å². The van der Waals surface area contributed by atoms with Crippen LogP contribution in [0.1, 0.15) is 10.4 Å². The minimum atomic E-state index is -0.263. The molecule has 0 spiro atoms. The van der Waals surface area contributed by atoms with E-state index in [1.54, 1.807) is 26.2 Å². The lowest BCUT2D eigenvalue weighted by atomic mass is 10.2. The third kappa shape index (κ3) is 4.67. The van der Waals surface area contributed by atoms with Gasteiger partial charge in [-0.05, 0) is 18.2 Å². The van der Waals surface area contributed by atoms with Gasteiger partial charge in [0.25, 0.3) is 5.91 Å². The lowest BCUT2D eigenvalue weighted by Gasteiger charge is -2.12. The number of halogens is 1. The highest BCUT2D eigenvalue weighted by atomic mass is 35.5. The molecular formula is C12H17ClN4O2. The van der Waals surface area contributed by atoms with Crippen molar-refractivity contribution in [1.82, 2.24) is 15.5 Å². The number of hydrogen-bond acceptors (Lipinski definition) is 3. The molecule has 0 radical (unpaired) electrons. The highest BCUT2D eigenvalue weighted by molar-refractivity contribution is 6.33. The van der Waals surface area contributed by atoms with E-state index in [1.165, 1.54) is 11.0 Å². The predicted molar refractivity (Wildman–Crippen MR) is 75.3 cm³/mol. The maximum atomic E-state index is 11.8. The summed E-state index contributed by atoms with van der Waals surface area (Å²) in [5.74, 6) is -0.263. The molecule has 7 heteroatoms. The Morgan fingerprint density at radius 3 is 2.47 bits per heavy atom. The molecule has 1 rings (SSSR count). The van der Waals surface area contributed by atoms with E-state index < -0.39 is 0 Å². The summed E-state index contributed by atoms with van der Waals surface area (Å²) in [6.45, 7) is 0.686. The number of anilines is 1. The number of benzene rings is 1. The quantitative estimate of drug-likeness (QED) is 0.568. The summed E-state index contributed by atoms with van der Waals surface area (Å²) >= 11 is 5.83. The van der Waals surface area contributed by atoms with Crippen LogP contribution in [-0.2, 0) is 0 Å². The summed E-state index contributed by atoms with van der Waals surface area (Å²) in [5.41, 5.74) is 6.41. The summed E-state index contributed by atoms with van der Waals surface area (Å²) in [7, 11) is 3.29. The molecule has 0 aromatic heterocycles. The monoisotopic (exact) mass is 284 g/mol. The third-order valence-electron chi connectivity index (χ3n) is 2.36. The Hall–Kier alpha value is -1.95. The molecule has 19 heavy (non-hydrogen) atoms. The van der Waals surface area contributed by atoms with Crippen molar-refractivity contribution < 1.29 is 9.59 Å². The van der Waals surface area contributed by atoms with Gasteiger partial charge in [0.1, 0.15) is 0 Å². The van der Waals surface area contributed by atoms with E-state index >= 15 is 0 Å². The standard InChI is InChI=1S/C12H17ClN4O2/c1-17(2)12(19)16-6-5-15-11(18)8-3-4-10(14)9(13)7-8/h3-4,7H,5-6,14H2,1-2H3,(H,15,18)(H,16,19). The molecule has 0 unspecified atom stereocenters. The molecule has 0 heterocycles. The van der Waals surface area contributed by atoms with E-state index in [0.29, 0.717) is 29.4 Å². The van der Waals surface area contributed by atoms with Gasteiger partial charge in [0.05, 0.1) is 10.7 Å². The molecule has 0 bridgehead atoms. The Labute approximate surface area is 116 Å². The molecule has 0 aliphatic carbocycles. The Balaban J connectivity index is 2.39. The van der Waals surface area contributed by atoms with Crippen LogP contribution < -0.4 is 16.4 Å². The number of urea groups is 1. The maximum Gasteiger partial charge on any atom is 0.316 e. The molecular weight excluding hydrogens is 268 g/mol. The van der Waals surface area contributed by atoms with E-state index in [0.717, 1.165) is 0 Å². The van der Waals surface area contributed by atoms with E-state index in [4.69, 9.17) is 17.3 Å². The van der Waals surface area contributed by atoms with Crippen LogP contribution in [0.5, 0.6) is 0 Å². The van der Waals surface area contributed by atoms with Crippen molar-refractivity contribution in [3.05, 3.63) is 28.8 Å². The van der Waals surface area contributed by atoms with Crippen molar-refractivity contribution >= 4 is 29.2 Å². The Morgan fingerprint density at radius 2 is 1.89 bits per heavy atom. The summed E-state index contributed by atoms with van der Waals surface area (Å²) < 4.78 is 0. The average molecular weight is 285 g/mol. The van der Waals surface area contributed by atoms with Crippen molar-refractivity contribution in [2.45, 2.75) is 0 Å². The van der Waals surface area contributed by atoms with Crippen molar-refractivity contribution in [2.75, 3.05) is 32.9 Å². The summed E-state index contributed by atoms with van der Waals surface area (Å²) in [6, 6.07) is 4.47. The van der Waals surface area contributed by atoms with Gasteiger partial charge in [-0.2, -0.15) is 0 Å². The van der Waals surface area contributed by atoms with E-state index in [-0.39, 0.29) is 11.9 Å². The largest absolute Gasteiger partial charge is 0.398 e. The molecule has 0 fully saturated rings. The molecule has 104 valence electrons. The number of nitrogen functional groups attached to an aromatic ring is 1. The van der Waals surface area contributed by atoms with Gasteiger partial charge < -0.3 is 21.3 Å². The van der Waals surface area contributed by atoms with Crippen LogP contribution >= 0.6 is 11.6 Å². The fraction of sp³-hybridized carbons (Fsp3) is 0.333. The number of carbonyl (C=O) groups excluding carboxylic acids is 2. The highest BCUT2D eigenvalue weighted by Gasteiger charge is 2.07. The fourth-order valence-corrected chi connectivity index (χ4v) is 1.45. The number of hydrogen-bond donors (Lipinski definition) is 3. The first kappa shape index (κ1) is 15.1. The van der Waals surface area contributed by atoms with E-state index in [2.05, 4.69) is 10.6 Å². The first-order valence-corrected chi connectivity index (χ1v) is 6.08. The zero-order chi connectivity index (χ0) is 14.4. The number of nitrogens with zero attached hydrogens (tertiary/aromatic N) is 1. The van der Waals surface area contributed by atoms with E-state index in [1.807, 2.05) is 0 Å². The molecule has 0 saturated carbocycles. The SMILES string of the molecule is CN(C)C(=O)NCCNC(=O)c1ccc(N)c(Cl)c1. The second-order valence-corrected chi connectivity index (χ2v) is 4.53. The number of carbonyl (C=O) groups is 2. The molecule has 0 atom stereocenters. The summed E-state index contributed by atoms with van der Waals surface area (Å²) in [6.07, 6.45) is 0. The van der Waals surface area contributed by atoms with Gasteiger partial charge >= 0.3 is 6.03 Å². The first-order valence-electron chi connectivity index (χ1n) is 5.70. The Kier molecular flexibility index (Phi) is 5.44. The first-order chi connectivity index (χ1) is 8.91. The molecule has 0 aliphatic heterocycles. The minimum Gasteiger partial charge on any atom is -0.398 e. The van der Waals surface area contributed by atoms with Crippen LogP contribution in [0.2, 0.25) is 5.02 Å². The van der Waals surface area contributed by atoms with Crippen LogP contribution in [0.4, 0.5) is 10.5 Å². The number of rotatable bonds is 4. The Morgan fingerprint density at radius 1 is 1.26 bits per heavy atom. The van der Waals surface area contributed by atoms with Gasteiger partial charge in [0, 0.05) is 32.7 Å². The van der Waals surface area contributed by atoms with Crippen LogP contribution in [0, 0.1) is 0 Å². The molecule has 1 aromatic rings. The van der Waals surface area contributed by atoms with Crippen LogP contribution in [0.15, 0.2) is 18.2 Å². The van der Waals surface area contributed by atoms with Crippen LogP contribution in [0.25, 0.3) is 0 Å². The smallest absolute Gasteiger partial charge is 0.316 e. The number of amides is 3. The maximum absolute atomic E-state index is 11.8. The lowest BCUT2D eigenvalue weighted by Crippen LogP contribution is -2.39. The normalized spacial score (nSPS) is 9.84. The highest BCUT2D eigenvalue weighted by Crippen LogP contribution is 2.19. The predicted octanol–water partition coefficient (Wildman–Crippen LogP) is 0.923. The third-order valence-corrected chi connectivity index (χ3v) is 2.68. The summed E-state index contributed by atoms with van der Waals surface area (Å²) in [5, 5.41) is 5.65. The van der Waals surface area contributed by atoms with Gasteiger partial charge in [-0.1, -0.05) is 11.6 Å². The minimum absolute atomic E-state index is 0.204. The summed E-state index contributed by atoms with van der Waals surface area (Å²) in [4.78, 5) is 24.4. The molecule has 6 nitrogen and oxygen atoms in total. The zero-order valence-corrected chi connectivity index (χ0v) is 11.6. The second kappa shape index (κ2) is 6.84. The Bertz CT molecular complexity index is 477. The van der Waals surface area contributed by atoms with Crippen molar-refractivity contribution in [3.63, 3.8) is 0 Å². The fourth-order valence-electron chi connectivity index (χ4n) is 1.27. The number of nitrogens with two attached hydrogens (primary N) is 1. The van der Waals surface area contributed by atoms with Gasteiger partial charge in [-0.3, -0.25) is 4.79 Å². The molecule has 4 N–H and O–H groups in total. The average Bonchev–Trinajstić information content (AvgIpc) is 2.37. The number of nitrogens with one attached hydrogen (secondary N) is 2. The van der Waals surface area contributed by atoms with Crippen LogP contribution in [-0.4, -0.2) is 44.0 Å². The zero-order valence-electron chi connectivity index (χ0n) is 10.9. The molecule has 3 amide bonds. The van der Waals surface area contributed by atoms with E-state index in [9.17, 15) is 9.59 Å². The van der Waals surface area contributed by atoms with Gasteiger partial charge in [-0.25, -0.2) is 4.79 Å². The molecule has 0 saturated heterocycles. The van der Waals surface area contributed by atoms with Gasteiger partial charge in [0.2, 0.25) is 0 Å². The molecule has 1 aromatic carbocycles. The van der Waals surface area contributed by atoms with Crippen molar-refractivity contribution in [3.8, 4) is 0 Å². The van der Waals surface area contributed by atoms with Gasteiger partial charge in [-0.15, -0.1) is 0 Å². The van der Waals surface area contributed by atoms with Crippen molar-refractivity contribution in [1.29, 1.82) is 0 Å². The van der Waals surface area contributed by atoms with Crippen LogP contribution in [0.3, 0.4) is 0 Å². The second-order valence-electron chi connectivity index (χ2n) is 4.12. The lowest BCUT2D eigenvalue weighted by molar-refractivity contribution is 0.0953. The molecule has 0 aliphatic rings. The topological polar surface area (TPSA) is 87.5 Å². The van der Waals surface area contributed by atoms with Crippen molar-refractivity contribution in [2.24, 2.45) is 0 Å².